The van der Waals surface area contributed by atoms with Gasteiger partial charge in [0.05, 0.1) is 17.7 Å². The normalized spacial score (nSPS) is 11.9. The molecule has 31 heavy (non-hydrogen) atoms. The Morgan fingerprint density at radius 2 is 1.71 bits per heavy atom. The van der Waals surface area contributed by atoms with Crippen LogP contribution in [-0.2, 0) is 13.2 Å². The lowest BCUT2D eigenvalue weighted by atomic mass is 10.1. The molecule has 0 aromatic heterocycles. The van der Waals surface area contributed by atoms with Gasteiger partial charge in [0, 0.05) is 28.7 Å². The van der Waals surface area contributed by atoms with Crippen molar-refractivity contribution in [2.75, 3.05) is 13.2 Å². The predicted octanol–water partition coefficient (Wildman–Crippen LogP) is 6.45. The summed E-state index contributed by atoms with van der Waals surface area (Å²) in [6, 6.07) is 18.5. The Labute approximate surface area is 197 Å². The van der Waals surface area contributed by atoms with Crippen LogP contribution in [0.4, 0.5) is 0 Å². The molecule has 164 valence electrons. The van der Waals surface area contributed by atoms with E-state index in [4.69, 9.17) is 44.3 Å². The molecular weight excluding hydrogens is 457 g/mol. The molecular formula is C24H24Cl3NO3. The number of halogens is 3. The number of hydrogen-bond acceptors (Lipinski definition) is 4. The molecule has 1 atom stereocenters. The molecule has 0 heterocycles. The quantitative estimate of drug-likeness (QED) is 0.350. The first-order valence-electron chi connectivity index (χ1n) is 9.93. The van der Waals surface area contributed by atoms with E-state index in [1.807, 2.05) is 55.5 Å². The van der Waals surface area contributed by atoms with Crippen LogP contribution in [0.2, 0.25) is 15.1 Å². The molecule has 3 rings (SSSR count). The Morgan fingerprint density at radius 3 is 2.42 bits per heavy atom. The summed E-state index contributed by atoms with van der Waals surface area (Å²) < 4.78 is 11.7. The van der Waals surface area contributed by atoms with Gasteiger partial charge in [0.15, 0.2) is 11.5 Å². The van der Waals surface area contributed by atoms with E-state index in [9.17, 15) is 5.11 Å². The first-order valence-corrected chi connectivity index (χ1v) is 11.1. The third kappa shape index (κ3) is 6.76. The van der Waals surface area contributed by atoms with Gasteiger partial charge in [-0.25, -0.2) is 0 Å². The molecule has 0 amide bonds. The summed E-state index contributed by atoms with van der Waals surface area (Å²) >= 11 is 18.7. The first-order chi connectivity index (χ1) is 15.0. The van der Waals surface area contributed by atoms with Crippen LogP contribution in [-0.4, -0.2) is 18.3 Å². The molecule has 0 radical (unpaired) electrons. The van der Waals surface area contributed by atoms with Crippen LogP contribution in [0, 0.1) is 0 Å². The molecule has 0 aliphatic carbocycles. The van der Waals surface area contributed by atoms with E-state index in [-0.39, 0.29) is 6.61 Å². The van der Waals surface area contributed by atoms with Crippen molar-refractivity contribution in [3.05, 3.63) is 92.4 Å². The second kappa shape index (κ2) is 11.6. The average Bonchev–Trinajstić information content (AvgIpc) is 2.75. The number of aliphatic hydroxyl groups is 1. The number of benzene rings is 3. The van der Waals surface area contributed by atoms with E-state index >= 15 is 0 Å². The smallest absolute Gasteiger partial charge is 0.180 e. The maximum Gasteiger partial charge on any atom is 0.180 e. The van der Waals surface area contributed by atoms with Crippen molar-refractivity contribution in [3.63, 3.8) is 0 Å². The third-order valence-corrected chi connectivity index (χ3v) is 5.48. The van der Waals surface area contributed by atoms with Crippen LogP contribution < -0.4 is 14.8 Å². The standard InChI is InChI=1S/C24H24Cl3NO3/c1-2-30-23-11-16(13-28-14-22(29)17-6-4-3-5-7-17)10-21(27)24(23)31-15-18-8-9-19(25)12-20(18)26/h3-12,22,28-29H,2,13-15H2,1H3/t22-/m0/s1. The Kier molecular flexibility index (Phi) is 8.88. The fourth-order valence-electron chi connectivity index (χ4n) is 3.06. The van der Waals surface area contributed by atoms with Gasteiger partial charge in [-0.15, -0.1) is 0 Å². The fraction of sp³-hybridized carbons (Fsp3) is 0.250. The first kappa shape index (κ1) is 23.7. The van der Waals surface area contributed by atoms with E-state index in [0.717, 1.165) is 16.7 Å². The van der Waals surface area contributed by atoms with Crippen LogP contribution in [0.25, 0.3) is 0 Å². The molecule has 0 saturated carbocycles. The lowest BCUT2D eigenvalue weighted by molar-refractivity contribution is 0.174. The highest BCUT2D eigenvalue weighted by molar-refractivity contribution is 6.35. The van der Waals surface area contributed by atoms with Gasteiger partial charge in [-0.1, -0.05) is 71.2 Å². The summed E-state index contributed by atoms with van der Waals surface area (Å²) in [4.78, 5) is 0. The zero-order valence-corrected chi connectivity index (χ0v) is 19.3. The predicted molar refractivity (Wildman–Crippen MR) is 127 cm³/mol. The molecule has 2 N–H and O–H groups in total. The van der Waals surface area contributed by atoms with Crippen LogP contribution in [0.5, 0.6) is 11.5 Å². The Balaban J connectivity index is 1.66. The molecule has 7 heteroatoms. The maximum absolute atomic E-state index is 10.3. The summed E-state index contributed by atoms with van der Waals surface area (Å²) in [5.74, 6) is 1.02. The van der Waals surface area contributed by atoms with Crippen molar-refractivity contribution in [1.29, 1.82) is 0 Å². The summed E-state index contributed by atoms with van der Waals surface area (Å²) in [5.41, 5.74) is 2.59. The molecule has 0 aliphatic heterocycles. The number of hydrogen-bond donors (Lipinski definition) is 2. The summed E-state index contributed by atoms with van der Waals surface area (Å²) in [6.07, 6.45) is -0.588. The summed E-state index contributed by atoms with van der Waals surface area (Å²) in [5, 5.41) is 15.1. The van der Waals surface area contributed by atoms with Crippen LogP contribution >= 0.6 is 34.8 Å². The molecule has 0 spiro atoms. The Bertz CT molecular complexity index is 999. The van der Waals surface area contributed by atoms with Crippen molar-refractivity contribution in [1.82, 2.24) is 5.32 Å². The highest BCUT2D eigenvalue weighted by atomic mass is 35.5. The van der Waals surface area contributed by atoms with E-state index in [1.54, 1.807) is 12.1 Å². The van der Waals surface area contributed by atoms with Gasteiger partial charge in [0.2, 0.25) is 0 Å². The second-order valence-corrected chi connectivity index (χ2v) is 8.17. The van der Waals surface area contributed by atoms with Gasteiger partial charge in [-0.3, -0.25) is 0 Å². The average molecular weight is 481 g/mol. The van der Waals surface area contributed by atoms with E-state index in [2.05, 4.69) is 5.32 Å². The van der Waals surface area contributed by atoms with E-state index in [0.29, 0.717) is 46.3 Å². The number of rotatable bonds is 10. The van der Waals surface area contributed by atoms with Gasteiger partial charge in [-0.2, -0.15) is 0 Å². The minimum atomic E-state index is -0.588. The zero-order valence-electron chi connectivity index (χ0n) is 17.1. The molecule has 4 nitrogen and oxygen atoms in total. The van der Waals surface area contributed by atoms with Crippen molar-refractivity contribution < 1.29 is 14.6 Å². The van der Waals surface area contributed by atoms with E-state index < -0.39 is 6.10 Å². The summed E-state index contributed by atoms with van der Waals surface area (Å²) in [6.45, 7) is 3.54. The lowest BCUT2D eigenvalue weighted by Gasteiger charge is -2.17. The molecule has 0 unspecified atom stereocenters. The van der Waals surface area contributed by atoms with Gasteiger partial charge < -0.3 is 19.9 Å². The van der Waals surface area contributed by atoms with Crippen molar-refractivity contribution in [2.45, 2.75) is 26.2 Å². The number of ether oxygens (including phenoxy) is 2. The zero-order chi connectivity index (χ0) is 22.2. The number of nitrogens with one attached hydrogen (secondary N) is 1. The van der Waals surface area contributed by atoms with Crippen molar-refractivity contribution in [3.8, 4) is 11.5 Å². The van der Waals surface area contributed by atoms with Crippen LogP contribution in [0.3, 0.4) is 0 Å². The lowest BCUT2D eigenvalue weighted by Crippen LogP contribution is -2.21. The highest BCUT2D eigenvalue weighted by Crippen LogP contribution is 2.37. The second-order valence-electron chi connectivity index (χ2n) is 6.92. The summed E-state index contributed by atoms with van der Waals surface area (Å²) in [7, 11) is 0. The fourth-order valence-corrected chi connectivity index (χ4v) is 3.81. The topological polar surface area (TPSA) is 50.7 Å². The minimum absolute atomic E-state index is 0.233. The molecule has 0 bridgehead atoms. The third-order valence-electron chi connectivity index (χ3n) is 4.61. The SMILES string of the molecule is CCOc1cc(CNC[C@H](O)c2ccccc2)cc(Cl)c1OCc1ccc(Cl)cc1Cl. The van der Waals surface area contributed by atoms with Crippen molar-refractivity contribution >= 4 is 34.8 Å². The number of aliphatic hydroxyl groups excluding tert-OH is 1. The van der Waals surface area contributed by atoms with Gasteiger partial charge in [0.25, 0.3) is 0 Å². The minimum Gasteiger partial charge on any atom is -0.490 e. The van der Waals surface area contributed by atoms with Gasteiger partial charge in [0.1, 0.15) is 6.61 Å². The Hall–Kier alpha value is -1.95. The van der Waals surface area contributed by atoms with Gasteiger partial charge in [-0.05, 0) is 42.3 Å². The Morgan fingerprint density at radius 1 is 0.935 bits per heavy atom. The van der Waals surface area contributed by atoms with E-state index in [1.165, 1.54) is 0 Å². The van der Waals surface area contributed by atoms with Gasteiger partial charge >= 0.3 is 0 Å². The molecule has 0 saturated heterocycles. The van der Waals surface area contributed by atoms with Crippen LogP contribution in [0.15, 0.2) is 60.7 Å². The monoisotopic (exact) mass is 479 g/mol. The molecule has 3 aromatic rings. The molecule has 0 aliphatic rings. The highest BCUT2D eigenvalue weighted by Gasteiger charge is 2.14. The van der Waals surface area contributed by atoms with Crippen LogP contribution in [0.1, 0.15) is 29.7 Å². The maximum atomic E-state index is 10.3. The molecule has 0 fully saturated rings. The van der Waals surface area contributed by atoms with Crippen molar-refractivity contribution in [2.24, 2.45) is 0 Å². The largest absolute Gasteiger partial charge is 0.490 e. The molecule has 3 aromatic carbocycles.